The Labute approximate surface area is 160 Å². The number of hydrogen-bond acceptors (Lipinski definition) is 8. The van der Waals surface area contributed by atoms with Crippen molar-refractivity contribution in [2.75, 3.05) is 6.61 Å². The van der Waals surface area contributed by atoms with Crippen LogP contribution in [0.15, 0.2) is 30.3 Å². The van der Waals surface area contributed by atoms with E-state index in [0.29, 0.717) is 12.0 Å². The van der Waals surface area contributed by atoms with E-state index < -0.39 is 30.0 Å². The van der Waals surface area contributed by atoms with Crippen LogP contribution in [0.5, 0.6) is 11.5 Å². The van der Waals surface area contributed by atoms with Crippen LogP contribution >= 0.6 is 0 Å². The molecule has 0 spiro atoms. The van der Waals surface area contributed by atoms with Gasteiger partial charge < -0.3 is 30.5 Å². The summed E-state index contributed by atoms with van der Waals surface area (Å²) in [5, 5.41) is 29.9. The van der Waals surface area contributed by atoms with E-state index in [0.717, 1.165) is 0 Å². The molecule has 1 aliphatic carbocycles. The van der Waals surface area contributed by atoms with Gasteiger partial charge in [-0.25, -0.2) is 0 Å². The zero-order valence-corrected chi connectivity index (χ0v) is 14.8. The smallest absolute Gasteiger partial charge is 0.201 e. The maximum Gasteiger partial charge on any atom is 0.201 e. The third-order valence-electron chi connectivity index (χ3n) is 5.01. The number of phenolic OH excluding ortho intramolecular Hbond substituents is 2. The van der Waals surface area contributed by atoms with Crippen molar-refractivity contribution >= 4 is 11.6 Å². The fraction of sp³-hybridized carbons (Fsp3) is 0.300. The summed E-state index contributed by atoms with van der Waals surface area (Å²) < 4.78 is 11.0. The molecule has 146 valence electrons. The second-order valence-electron chi connectivity index (χ2n) is 6.94. The number of carbonyl (C=O) groups is 2. The van der Waals surface area contributed by atoms with Gasteiger partial charge in [0.05, 0.1) is 30.4 Å². The van der Waals surface area contributed by atoms with Gasteiger partial charge in [0, 0.05) is 23.6 Å². The molecule has 0 bridgehead atoms. The summed E-state index contributed by atoms with van der Waals surface area (Å²) in [5.74, 6) is -1.73. The summed E-state index contributed by atoms with van der Waals surface area (Å²) in [6.07, 6.45) is -1.05. The molecule has 0 unspecified atom stereocenters. The van der Waals surface area contributed by atoms with Crippen molar-refractivity contribution in [3.8, 4) is 11.5 Å². The Balaban J connectivity index is 1.60. The van der Waals surface area contributed by atoms with Gasteiger partial charge in [0.15, 0.2) is 12.1 Å². The second-order valence-corrected chi connectivity index (χ2v) is 6.94. The van der Waals surface area contributed by atoms with Gasteiger partial charge in [-0.15, -0.1) is 0 Å². The Hall–Kier alpha value is -2.78. The SMILES string of the molecule is N[C@@H]1C[C@H](OCc2cc(O)c3c(c2)C(=O)c2cccc(O)c2C3=O)OC[C@H]1O. The van der Waals surface area contributed by atoms with E-state index in [4.69, 9.17) is 15.2 Å². The van der Waals surface area contributed by atoms with Crippen molar-refractivity contribution in [3.63, 3.8) is 0 Å². The minimum Gasteiger partial charge on any atom is -0.507 e. The van der Waals surface area contributed by atoms with Crippen molar-refractivity contribution in [2.24, 2.45) is 5.73 Å². The standard InChI is InChI=1S/C20H19NO7/c21-12-6-16(28-8-15(12)24)27-7-9-4-11-18(14(23)5-9)20(26)17-10(19(11)25)2-1-3-13(17)22/h1-5,12,15-16,22-24H,6-8,21H2/t12-,15-,16-/m1/s1. The van der Waals surface area contributed by atoms with E-state index in [2.05, 4.69) is 0 Å². The predicted octanol–water partition coefficient (Wildman–Crippen LogP) is 0.824. The molecule has 0 aromatic heterocycles. The van der Waals surface area contributed by atoms with Crippen molar-refractivity contribution in [2.45, 2.75) is 31.5 Å². The summed E-state index contributed by atoms with van der Waals surface area (Å²) in [6, 6.07) is 6.63. The first-order chi connectivity index (χ1) is 13.4. The number of carbonyl (C=O) groups excluding carboxylic acids is 2. The molecule has 1 aliphatic heterocycles. The Morgan fingerprint density at radius 3 is 2.57 bits per heavy atom. The average molecular weight is 385 g/mol. The number of hydrogen-bond donors (Lipinski definition) is 4. The van der Waals surface area contributed by atoms with Crippen molar-refractivity contribution < 1.29 is 34.4 Å². The lowest BCUT2D eigenvalue weighted by atomic mass is 9.82. The topological polar surface area (TPSA) is 139 Å². The normalized spacial score (nSPS) is 24.0. The lowest BCUT2D eigenvalue weighted by molar-refractivity contribution is -0.196. The Morgan fingerprint density at radius 1 is 1.07 bits per heavy atom. The van der Waals surface area contributed by atoms with E-state index in [-0.39, 0.29) is 47.0 Å². The molecule has 2 aromatic rings. The van der Waals surface area contributed by atoms with Crippen LogP contribution in [0.2, 0.25) is 0 Å². The molecule has 0 saturated carbocycles. The molecule has 8 heteroatoms. The maximum absolute atomic E-state index is 12.8. The number of nitrogens with two attached hydrogens (primary N) is 1. The van der Waals surface area contributed by atoms with E-state index >= 15 is 0 Å². The summed E-state index contributed by atoms with van der Waals surface area (Å²) in [7, 11) is 0. The van der Waals surface area contributed by atoms with Gasteiger partial charge in [-0.3, -0.25) is 9.59 Å². The molecule has 28 heavy (non-hydrogen) atoms. The molecule has 3 atom stereocenters. The van der Waals surface area contributed by atoms with Crippen LogP contribution in [0.25, 0.3) is 0 Å². The molecule has 0 radical (unpaired) electrons. The van der Waals surface area contributed by atoms with Crippen molar-refractivity contribution in [3.05, 3.63) is 58.1 Å². The third kappa shape index (κ3) is 3.06. The van der Waals surface area contributed by atoms with Gasteiger partial charge in [-0.2, -0.15) is 0 Å². The van der Waals surface area contributed by atoms with E-state index in [1.54, 1.807) is 0 Å². The molecule has 1 fully saturated rings. The molecule has 4 rings (SSSR count). The number of fused-ring (bicyclic) bond motifs is 2. The molecular formula is C20H19NO7. The number of ether oxygens (including phenoxy) is 2. The van der Waals surface area contributed by atoms with Crippen LogP contribution in [-0.2, 0) is 16.1 Å². The molecule has 0 amide bonds. The van der Waals surface area contributed by atoms with Crippen LogP contribution in [0.4, 0.5) is 0 Å². The Morgan fingerprint density at radius 2 is 1.82 bits per heavy atom. The third-order valence-corrected chi connectivity index (χ3v) is 5.01. The number of aromatic hydroxyl groups is 2. The highest BCUT2D eigenvalue weighted by atomic mass is 16.7. The summed E-state index contributed by atoms with van der Waals surface area (Å²) >= 11 is 0. The fourth-order valence-electron chi connectivity index (χ4n) is 3.51. The minimum absolute atomic E-state index is 0.0166. The molecule has 1 heterocycles. The van der Waals surface area contributed by atoms with Crippen LogP contribution in [0, 0.1) is 0 Å². The van der Waals surface area contributed by atoms with Gasteiger partial charge in [-0.05, 0) is 23.8 Å². The highest BCUT2D eigenvalue weighted by molar-refractivity contribution is 6.30. The number of benzene rings is 2. The first-order valence-electron chi connectivity index (χ1n) is 8.81. The highest BCUT2D eigenvalue weighted by Crippen LogP contribution is 2.37. The highest BCUT2D eigenvalue weighted by Gasteiger charge is 2.34. The van der Waals surface area contributed by atoms with E-state index in [1.165, 1.54) is 30.3 Å². The van der Waals surface area contributed by atoms with Crippen molar-refractivity contribution in [1.82, 2.24) is 0 Å². The monoisotopic (exact) mass is 385 g/mol. The molecule has 2 aliphatic rings. The van der Waals surface area contributed by atoms with E-state index in [9.17, 15) is 24.9 Å². The summed E-state index contributed by atoms with van der Waals surface area (Å²) in [6.45, 7) is 0.0806. The first kappa shape index (κ1) is 18.6. The van der Waals surface area contributed by atoms with Gasteiger partial charge in [0.25, 0.3) is 0 Å². The summed E-state index contributed by atoms with van der Waals surface area (Å²) in [5.41, 5.74) is 6.16. The van der Waals surface area contributed by atoms with Crippen LogP contribution in [-0.4, -0.2) is 51.9 Å². The van der Waals surface area contributed by atoms with Gasteiger partial charge in [0.1, 0.15) is 11.5 Å². The molecule has 8 nitrogen and oxygen atoms in total. The predicted molar refractivity (Wildman–Crippen MR) is 96.2 cm³/mol. The quantitative estimate of drug-likeness (QED) is 0.520. The Kier molecular flexibility index (Phi) is 4.64. The van der Waals surface area contributed by atoms with Crippen molar-refractivity contribution in [1.29, 1.82) is 0 Å². The second kappa shape index (κ2) is 6.99. The number of phenols is 2. The van der Waals surface area contributed by atoms with E-state index in [1.807, 2.05) is 0 Å². The maximum atomic E-state index is 12.8. The lowest BCUT2D eigenvalue weighted by Gasteiger charge is -2.31. The average Bonchev–Trinajstić information content (AvgIpc) is 2.66. The van der Waals surface area contributed by atoms with Gasteiger partial charge >= 0.3 is 0 Å². The van der Waals surface area contributed by atoms with Crippen LogP contribution < -0.4 is 5.73 Å². The van der Waals surface area contributed by atoms with Gasteiger partial charge in [0.2, 0.25) is 5.78 Å². The minimum atomic E-state index is -0.743. The van der Waals surface area contributed by atoms with Gasteiger partial charge in [-0.1, -0.05) is 12.1 Å². The van der Waals surface area contributed by atoms with Crippen LogP contribution in [0.3, 0.4) is 0 Å². The lowest BCUT2D eigenvalue weighted by Crippen LogP contribution is -2.47. The summed E-state index contributed by atoms with van der Waals surface area (Å²) in [4.78, 5) is 25.5. The zero-order valence-electron chi connectivity index (χ0n) is 14.8. The molecule has 5 N–H and O–H groups in total. The number of aliphatic hydroxyl groups excluding tert-OH is 1. The number of ketones is 2. The molecule has 2 aromatic carbocycles. The number of aliphatic hydroxyl groups is 1. The molecule has 1 saturated heterocycles. The zero-order chi connectivity index (χ0) is 20.0. The number of rotatable bonds is 3. The first-order valence-corrected chi connectivity index (χ1v) is 8.81. The largest absolute Gasteiger partial charge is 0.507 e. The fourth-order valence-corrected chi connectivity index (χ4v) is 3.51. The Bertz CT molecular complexity index is 971. The molecular weight excluding hydrogens is 366 g/mol. The van der Waals surface area contributed by atoms with Crippen LogP contribution in [0.1, 0.15) is 43.8 Å².